The number of ether oxygens (including phenoxy) is 6. The lowest BCUT2D eigenvalue weighted by Crippen LogP contribution is -2.66. The normalized spacial score (nSPS) is 27.5. The van der Waals surface area contributed by atoms with Crippen LogP contribution < -0.4 is 5.32 Å². The molecule has 17 unspecified atom stereocenters. The highest BCUT2D eigenvalue weighted by atomic mass is 16.8. The number of hydrogen-bond acceptors (Lipinski definition) is 18. The van der Waals surface area contributed by atoms with Gasteiger partial charge in [-0.1, -0.05) is 266 Å². The average molecular weight is 1360 g/mol. The van der Waals surface area contributed by atoms with Crippen molar-refractivity contribution in [2.75, 3.05) is 26.4 Å². The highest BCUT2D eigenvalue weighted by Gasteiger charge is 2.53. The van der Waals surface area contributed by atoms with Gasteiger partial charge in [0.25, 0.3) is 0 Å². The van der Waals surface area contributed by atoms with E-state index in [0.29, 0.717) is 12.8 Å². The maximum Gasteiger partial charge on any atom is 0.220 e. The fourth-order valence-corrected chi connectivity index (χ4v) is 12.4. The van der Waals surface area contributed by atoms with Crippen LogP contribution in [0, 0.1) is 0 Å². The van der Waals surface area contributed by atoms with Crippen molar-refractivity contribution in [3.05, 3.63) is 85.1 Å². The lowest BCUT2D eigenvalue weighted by Gasteiger charge is -2.48. The maximum atomic E-state index is 13.4. The third-order valence-electron chi connectivity index (χ3n) is 18.4. The summed E-state index contributed by atoms with van der Waals surface area (Å²) >= 11 is 0. The molecule has 3 saturated heterocycles. The predicted octanol–water partition coefficient (Wildman–Crippen LogP) is 11.4. The fraction of sp³-hybridized carbons (Fsp3) is 0.805. The summed E-state index contributed by atoms with van der Waals surface area (Å²) in [5.74, 6) is -0.288. The lowest BCUT2D eigenvalue weighted by atomic mass is 9.96. The molecule has 0 aromatic rings. The Balaban J connectivity index is 1.41. The highest BCUT2D eigenvalue weighted by Crippen LogP contribution is 2.33. The van der Waals surface area contributed by atoms with E-state index in [0.717, 1.165) is 83.5 Å². The zero-order chi connectivity index (χ0) is 69.6. The third kappa shape index (κ3) is 38.1. The van der Waals surface area contributed by atoms with Crippen LogP contribution in [0.1, 0.15) is 264 Å². The van der Waals surface area contributed by atoms with Crippen LogP contribution in [0.4, 0.5) is 0 Å². The van der Waals surface area contributed by atoms with Crippen LogP contribution in [0.5, 0.6) is 0 Å². The van der Waals surface area contributed by atoms with E-state index >= 15 is 0 Å². The highest BCUT2D eigenvalue weighted by molar-refractivity contribution is 5.76. The zero-order valence-electron chi connectivity index (χ0n) is 59.1. The summed E-state index contributed by atoms with van der Waals surface area (Å²) in [5, 5.41) is 121. The molecule has 1 amide bonds. The number of carbonyl (C=O) groups excluding carboxylic acids is 1. The van der Waals surface area contributed by atoms with Gasteiger partial charge in [0.15, 0.2) is 18.9 Å². The van der Waals surface area contributed by atoms with Crippen LogP contribution in [-0.4, -0.2) is 193 Å². The molecule has 0 bridgehead atoms. The molecule has 19 nitrogen and oxygen atoms in total. The quantitative estimate of drug-likeness (QED) is 0.0199. The van der Waals surface area contributed by atoms with Crippen molar-refractivity contribution in [3.63, 3.8) is 0 Å². The van der Waals surface area contributed by atoms with Crippen LogP contribution in [0.3, 0.4) is 0 Å². The third-order valence-corrected chi connectivity index (χ3v) is 18.4. The Kier molecular flexibility index (Phi) is 52.3. The number of amides is 1. The summed E-state index contributed by atoms with van der Waals surface area (Å²) in [5.41, 5.74) is 0. The smallest absolute Gasteiger partial charge is 0.220 e. The van der Waals surface area contributed by atoms with Gasteiger partial charge < -0.3 is 89.9 Å². The lowest BCUT2D eigenvalue weighted by molar-refractivity contribution is -0.379. The minimum atomic E-state index is -1.98. The van der Waals surface area contributed by atoms with Crippen molar-refractivity contribution in [2.24, 2.45) is 0 Å². The summed E-state index contributed by atoms with van der Waals surface area (Å²) in [7, 11) is 0. The first kappa shape index (κ1) is 87.2. The van der Waals surface area contributed by atoms with Crippen LogP contribution in [0.25, 0.3) is 0 Å². The van der Waals surface area contributed by atoms with Crippen molar-refractivity contribution in [2.45, 2.75) is 369 Å². The topological polar surface area (TPSA) is 307 Å². The van der Waals surface area contributed by atoms with E-state index < -0.39 is 124 Å². The molecular weight excluding hydrogens is 1230 g/mol. The Bertz CT molecular complexity index is 2070. The molecule has 3 fully saturated rings. The van der Waals surface area contributed by atoms with E-state index in [1.807, 2.05) is 6.08 Å². The molecule has 556 valence electrons. The maximum absolute atomic E-state index is 13.4. The van der Waals surface area contributed by atoms with Crippen LogP contribution in [-0.2, 0) is 33.2 Å². The second-order valence-corrected chi connectivity index (χ2v) is 26.7. The van der Waals surface area contributed by atoms with Crippen molar-refractivity contribution in [1.82, 2.24) is 5.32 Å². The second kappa shape index (κ2) is 57.6. The molecule has 0 aromatic carbocycles. The van der Waals surface area contributed by atoms with Gasteiger partial charge in [0.1, 0.15) is 73.2 Å². The van der Waals surface area contributed by atoms with Crippen LogP contribution >= 0.6 is 0 Å². The largest absolute Gasteiger partial charge is 0.394 e. The van der Waals surface area contributed by atoms with Crippen LogP contribution in [0.15, 0.2) is 85.1 Å². The van der Waals surface area contributed by atoms with Crippen molar-refractivity contribution < 1.29 is 89.4 Å². The van der Waals surface area contributed by atoms with E-state index in [2.05, 4.69) is 92.1 Å². The van der Waals surface area contributed by atoms with Crippen molar-refractivity contribution in [1.29, 1.82) is 0 Å². The SMILES string of the molecule is CC/C=C\C/C=C\C/C=C\C/C=C\C/C=C\CCCCCCCCCCCCCCCC(=O)NC(COC1OC(CO)C(OC2OC(CO)C(OC3OC(CO)C(O)C(O)C3O)C(O)C2O)C(O)C1O)C(O)/C=C/CC/C=C/CCCCCCCCCCCCCCCCCC. The summed E-state index contributed by atoms with van der Waals surface area (Å²) < 4.78 is 34.4. The molecule has 3 heterocycles. The summed E-state index contributed by atoms with van der Waals surface area (Å²) in [4.78, 5) is 13.4. The average Bonchev–Trinajstić information content (AvgIpc) is 0.787. The number of carbonyl (C=O) groups is 1. The Morgan fingerprint density at radius 1 is 0.385 bits per heavy atom. The molecule has 17 atom stereocenters. The fourth-order valence-electron chi connectivity index (χ4n) is 12.4. The molecule has 3 aliphatic rings. The first-order valence-corrected chi connectivity index (χ1v) is 37.8. The number of aliphatic hydroxyl groups is 11. The van der Waals surface area contributed by atoms with Gasteiger partial charge in [-0.3, -0.25) is 4.79 Å². The Labute approximate surface area is 578 Å². The zero-order valence-corrected chi connectivity index (χ0v) is 59.1. The van der Waals surface area contributed by atoms with E-state index in [1.165, 1.54) is 148 Å². The standard InChI is InChI=1S/C77H135NO18/c1-3-5-7-9-11-13-15-17-19-21-23-25-27-28-29-30-31-32-33-35-37-39-41-43-45-47-49-51-53-55-65(83)78-60(61(82)54-52-50-48-46-44-42-40-38-36-34-26-24-22-20-18-16-14-12-10-8-6-4-2)59-91-75-71(89)68(86)73(63(57-80)93-75)96-77-72(90)69(87)74(64(58-81)94-77)95-76-70(88)67(85)66(84)62(56-79)92-76/h5,7,11,13,17,19,23,25,28-29,44,46,52,54,60-64,66-77,79-82,84-90H,3-4,6,8-10,12,14-16,18,20-22,24,26-27,30-43,45,47-51,53,55-59H2,1-2H3,(H,78,83)/b7-5-,13-11-,19-17-,25-23-,29-28-,46-44+,54-52+. The Hall–Kier alpha value is -3.03. The molecule has 3 aliphatic heterocycles. The summed E-state index contributed by atoms with van der Waals surface area (Å²) in [6.45, 7) is 1.62. The second-order valence-electron chi connectivity index (χ2n) is 26.7. The number of allylic oxidation sites excluding steroid dienone is 13. The number of unbranched alkanes of at least 4 members (excludes halogenated alkanes) is 30. The number of hydrogen-bond donors (Lipinski definition) is 12. The van der Waals surface area contributed by atoms with Gasteiger partial charge in [0, 0.05) is 6.42 Å². The molecule has 0 spiro atoms. The first-order valence-electron chi connectivity index (χ1n) is 37.8. The minimum absolute atomic E-state index is 0.230. The number of aliphatic hydroxyl groups excluding tert-OH is 11. The van der Waals surface area contributed by atoms with Crippen molar-refractivity contribution in [3.8, 4) is 0 Å². The molecule has 0 aliphatic carbocycles. The van der Waals surface area contributed by atoms with E-state index in [-0.39, 0.29) is 18.9 Å². The minimum Gasteiger partial charge on any atom is -0.394 e. The predicted molar refractivity (Wildman–Crippen MR) is 378 cm³/mol. The summed E-state index contributed by atoms with van der Waals surface area (Å²) in [6, 6.07) is -0.996. The van der Waals surface area contributed by atoms with E-state index in [1.54, 1.807) is 6.08 Å². The van der Waals surface area contributed by atoms with Gasteiger partial charge in [-0.2, -0.15) is 0 Å². The molecule has 19 heteroatoms. The van der Waals surface area contributed by atoms with E-state index in [4.69, 9.17) is 28.4 Å². The molecule has 3 rings (SSSR count). The van der Waals surface area contributed by atoms with Gasteiger partial charge in [-0.05, 0) is 77.0 Å². The number of rotatable bonds is 58. The summed E-state index contributed by atoms with van der Waals surface area (Å²) in [6.07, 6.45) is 48.4. The van der Waals surface area contributed by atoms with Gasteiger partial charge in [-0.15, -0.1) is 0 Å². The van der Waals surface area contributed by atoms with Gasteiger partial charge in [0.2, 0.25) is 5.91 Å². The van der Waals surface area contributed by atoms with Crippen LogP contribution in [0.2, 0.25) is 0 Å². The number of nitrogens with one attached hydrogen (secondary N) is 1. The Morgan fingerprint density at radius 2 is 0.729 bits per heavy atom. The molecular formula is C77H135NO18. The van der Waals surface area contributed by atoms with E-state index in [9.17, 15) is 61.0 Å². The molecule has 0 aromatic heterocycles. The van der Waals surface area contributed by atoms with Gasteiger partial charge in [-0.25, -0.2) is 0 Å². The van der Waals surface area contributed by atoms with Gasteiger partial charge >= 0.3 is 0 Å². The molecule has 96 heavy (non-hydrogen) atoms. The molecule has 0 radical (unpaired) electrons. The first-order chi connectivity index (χ1) is 46.8. The molecule has 12 N–H and O–H groups in total. The Morgan fingerprint density at radius 3 is 1.17 bits per heavy atom. The van der Waals surface area contributed by atoms with Gasteiger partial charge in [0.05, 0.1) is 38.6 Å². The molecule has 0 saturated carbocycles. The monoisotopic (exact) mass is 1360 g/mol. The van der Waals surface area contributed by atoms with Crippen molar-refractivity contribution >= 4 is 5.91 Å².